The van der Waals surface area contributed by atoms with Gasteiger partial charge in [-0.25, -0.2) is 0 Å². The van der Waals surface area contributed by atoms with E-state index in [1.807, 2.05) is 0 Å². The predicted molar refractivity (Wildman–Crippen MR) is 71.5 cm³/mol. The third-order valence-corrected chi connectivity index (χ3v) is 3.71. The fraction of sp³-hybridized carbons (Fsp3) is 0.600. The van der Waals surface area contributed by atoms with Gasteiger partial charge < -0.3 is 10.5 Å². The summed E-state index contributed by atoms with van der Waals surface area (Å²) in [6.07, 6.45) is 1.99. The molecule has 0 atom stereocenters. The molecule has 0 saturated heterocycles. The summed E-state index contributed by atoms with van der Waals surface area (Å²) in [6.45, 7) is -0.126. The van der Waals surface area contributed by atoms with Crippen LogP contribution in [0.1, 0.15) is 49.7 Å². The molecule has 20 heavy (non-hydrogen) atoms. The molecule has 1 fully saturated rings. The average Bonchev–Trinajstić information content (AvgIpc) is 2.66. The molecule has 2 rings (SSSR count). The van der Waals surface area contributed by atoms with E-state index in [1.54, 1.807) is 6.07 Å². The summed E-state index contributed by atoms with van der Waals surface area (Å²) < 4.78 is 44.6. The Morgan fingerprint density at radius 2 is 1.75 bits per heavy atom. The Morgan fingerprint density at radius 1 is 1.10 bits per heavy atom. The van der Waals surface area contributed by atoms with E-state index in [4.69, 9.17) is 10.5 Å². The standard InChI is InChI=1S/C15H20F3NO/c16-15(17,18)14-9-13(8-7-11(14)10-19)20-12-5-3-1-2-4-6-12/h7-9,12H,1-6,10,19H2. The Labute approximate surface area is 117 Å². The molecule has 1 aromatic rings. The zero-order chi connectivity index (χ0) is 14.6. The number of hydrogen-bond acceptors (Lipinski definition) is 2. The van der Waals surface area contributed by atoms with Gasteiger partial charge >= 0.3 is 6.18 Å². The highest BCUT2D eigenvalue weighted by Gasteiger charge is 2.33. The zero-order valence-corrected chi connectivity index (χ0v) is 11.4. The van der Waals surface area contributed by atoms with Crippen LogP contribution in [0.25, 0.3) is 0 Å². The van der Waals surface area contributed by atoms with Crippen LogP contribution in [0.3, 0.4) is 0 Å². The summed E-state index contributed by atoms with van der Waals surface area (Å²) >= 11 is 0. The van der Waals surface area contributed by atoms with Crippen LogP contribution in [0.5, 0.6) is 5.75 Å². The van der Waals surface area contributed by atoms with E-state index < -0.39 is 11.7 Å². The Hall–Kier alpha value is -1.23. The molecule has 0 radical (unpaired) electrons. The van der Waals surface area contributed by atoms with E-state index in [1.165, 1.54) is 18.9 Å². The van der Waals surface area contributed by atoms with Crippen LogP contribution < -0.4 is 10.5 Å². The molecule has 2 N–H and O–H groups in total. The van der Waals surface area contributed by atoms with Crippen LogP contribution in [0, 0.1) is 0 Å². The number of rotatable bonds is 3. The second kappa shape index (κ2) is 6.48. The third kappa shape index (κ3) is 3.88. The summed E-state index contributed by atoms with van der Waals surface area (Å²) in [5, 5.41) is 0. The van der Waals surface area contributed by atoms with Crippen molar-refractivity contribution >= 4 is 0 Å². The van der Waals surface area contributed by atoms with Crippen molar-refractivity contribution in [3.63, 3.8) is 0 Å². The quantitative estimate of drug-likeness (QED) is 0.843. The Bertz CT molecular complexity index is 437. The van der Waals surface area contributed by atoms with Gasteiger partial charge in [-0.2, -0.15) is 13.2 Å². The maximum Gasteiger partial charge on any atom is 0.416 e. The maximum atomic E-state index is 12.9. The zero-order valence-electron chi connectivity index (χ0n) is 11.4. The highest BCUT2D eigenvalue weighted by atomic mass is 19.4. The molecule has 0 heterocycles. The molecule has 0 aliphatic heterocycles. The Balaban J connectivity index is 2.16. The van der Waals surface area contributed by atoms with Crippen molar-refractivity contribution in [2.75, 3.05) is 0 Å². The lowest BCUT2D eigenvalue weighted by molar-refractivity contribution is -0.138. The minimum Gasteiger partial charge on any atom is -0.490 e. The SMILES string of the molecule is NCc1ccc(OC2CCCCCC2)cc1C(F)(F)F. The molecule has 0 amide bonds. The normalized spacial score (nSPS) is 17.8. The third-order valence-electron chi connectivity index (χ3n) is 3.71. The van der Waals surface area contributed by atoms with E-state index in [9.17, 15) is 13.2 Å². The molecule has 5 heteroatoms. The highest BCUT2D eigenvalue weighted by Crippen LogP contribution is 2.35. The number of ether oxygens (including phenoxy) is 1. The molecule has 1 aromatic carbocycles. The lowest BCUT2D eigenvalue weighted by Gasteiger charge is -2.19. The summed E-state index contributed by atoms with van der Waals surface area (Å²) in [5.41, 5.74) is 4.78. The lowest BCUT2D eigenvalue weighted by Crippen LogP contribution is -2.17. The Morgan fingerprint density at radius 3 is 2.30 bits per heavy atom. The summed E-state index contributed by atoms with van der Waals surface area (Å²) in [5.74, 6) is 0.293. The van der Waals surface area contributed by atoms with Crippen molar-refractivity contribution in [1.82, 2.24) is 0 Å². The smallest absolute Gasteiger partial charge is 0.416 e. The van der Waals surface area contributed by atoms with Crippen LogP contribution >= 0.6 is 0 Å². The molecule has 1 aliphatic carbocycles. The van der Waals surface area contributed by atoms with Gasteiger partial charge in [0.1, 0.15) is 5.75 Å². The van der Waals surface area contributed by atoms with Gasteiger partial charge in [0.15, 0.2) is 0 Å². The number of alkyl halides is 3. The lowest BCUT2D eigenvalue weighted by atomic mass is 10.1. The van der Waals surface area contributed by atoms with Crippen LogP contribution in [0.2, 0.25) is 0 Å². The predicted octanol–water partition coefficient (Wildman–Crippen LogP) is 4.27. The maximum absolute atomic E-state index is 12.9. The minimum atomic E-state index is -4.39. The first-order valence-electron chi connectivity index (χ1n) is 7.07. The van der Waals surface area contributed by atoms with E-state index in [2.05, 4.69) is 0 Å². The van der Waals surface area contributed by atoms with E-state index in [-0.39, 0.29) is 18.2 Å². The first-order valence-corrected chi connectivity index (χ1v) is 7.07. The van der Waals surface area contributed by atoms with Crippen LogP contribution in [0.4, 0.5) is 13.2 Å². The highest BCUT2D eigenvalue weighted by molar-refractivity contribution is 5.37. The molecule has 0 aromatic heterocycles. The van der Waals surface area contributed by atoms with Gasteiger partial charge in [-0.05, 0) is 43.4 Å². The van der Waals surface area contributed by atoms with Crippen molar-refractivity contribution in [3.8, 4) is 5.75 Å². The molecule has 1 saturated carbocycles. The summed E-state index contributed by atoms with van der Waals surface area (Å²) in [4.78, 5) is 0. The first-order chi connectivity index (χ1) is 9.50. The van der Waals surface area contributed by atoms with Crippen LogP contribution in [-0.2, 0) is 12.7 Å². The topological polar surface area (TPSA) is 35.2 Å². The molecule has 0 unspecified atom stereocenters. The Kier molecular flexibility index (Phi) is 4.91. The van der Waals surface area contributed by atoms with Crippen molar-refractivity contribution < 1.29 is 17.9 Å². The van der Waals surface area contributed by atoms with Gasteiger partial charge in [-0.3, -0.25) is 0 Å². The van der Waals surface area contributed by atoms with Crippen molar-refractivity contribution in [2.45, 2.75) is 57.3 Å². The monoisotopic (exact) mass is 287 g/mol. The van der Waals surface area contributed by atoms with Gasteiger partial charge in [-0.1, -0.05) is 18.9 Å². The van der Waals surface area contributed by atoms with Gasteiger partial charge in [-0.15, -0.1) is 0 Å². The van der Waals surface area contributed by atoms with Gasteiger partial charge in [0, 0.05) is 6.54 Å². The summed E-state index contributed by atoms with van der Waals surface area (Å²) in [7, 11) is 0. The average molecular weight is 287 g/mol. The van der Waals surface area contributed by atoms with Crippen LogP contribution in [0.15, 0.2) is 18.2 Å². The van der Waals surface area contributed by atoms with E-state index >= 15 is 0 Å². The number of hydrogen-bond donors (Lipinski definition) is 1. The number of benzene rings is 1. The van der Waals surface area contributed by atoms with E-state index in [0.717, 1.165) is 31.7 Å². The second-order valence-electron chi connectivity index (χ2n) is 5.25. The summed E-state index contributed by atoms with van der Waals surface area (Å²) in [6, 6.07) is 4.07. The largest absolute Gasteiger partial charge is 0.490 e. The van der Waals surface area contributed by atoms with Crippen molar-refractivity contribution in [3.05, 3.63) is 29.3 Å². The van der Waals surface area contributed by atoms with Crippen molar-refractivity contribution in [1.29, 1.82) is 0 Å². The molecular formula is C15H20F3NO. The fourth-order valence-electron chi connectivity index (χ4n) is 2.62. The van der Waals surface area contributed by atoms with Gasteiger partial charge in [0.2, 0.25) is 0 Å². The van der Waals surface area contributed by atoms with E-state index in [0.29, 0.717) is 5.75 Å². The second-order valence-corrected chi connectivity index (χ2v) is 5.25. The first kappa shape index (κ1) is 15.2. The molecule has 0 bridgehead atoms. The molecule has 112 valence electrons. The minimum absolute atomic E-state index is 0.0299. The van der Waals surface area contributed by atoms with Gasteiger partial charge in [0.05, 0.1) is 11.7 Å². The molecular weight excluding hydrogens is 267 g/mol. The fourth-order valence-corrected chi connectivity index (χ4v) is 2.62. The molecule has 2 nitrogen and oxygen atoms in total. The van der Waals surface area contributed by atoms with Crippen molar-refractivity contribution in [2.24, 2.45) is 5.73 Å². The van der Waals surface area contributed by atoms with Crippen LogP contribution in [-0.4, -0.2) is 6.10 Å². The molecule has 0 spiro atoms. The number of nitrogens with two attached hydrogens (primary N) is 1. The number of halogens is 3. The van der Waals surface area contributed by atoms with Gasteiger partial charge in [0.25, 0.3) is 0 Å². The molecule has 1 aliphatic rings.